The highest BCUT2D eigenvalue weighted by atomic mass is 35.5. The van der Waals surface area contributed by atoms with Crippen molar-refractivity contribution in [3.05, 3.63) is 41.2 Å². The number of rotatable bonds is 2. The molecule has 0 aliphatic carbocycles. The number of para-hydroxylation sites is 1. The van der Waals surface area contributed by atoms with Gasteiger partial charge in [-0.2, -0.15) is 0 Å². The summed E-state index contributed by atoms with van der Waals surface area (Å²) in [6.07, 6.45) is 2.05. The standard InChI is InChI=1S/C19H26N6O.2ClH/c1-14-18(21-22-25(14)16-7-9-20-10-8-16)19(26)24-12-11-23(2)17-6-4-3-5-15(17)13-24;;/h3-6,16,20H,7-13H2,1-2H3;2*1H. The lowest BCUT2D eigenvalue weighted by molar-refractivity contribution is 0.0745. The normalized spacial score (nSPS) is 17.2. The van der Waals surface area contributed by atoms with E-state index in [0.29, 0.717) is 24.8 Å². The average Bonchev–Trinajstić information content (AvgIpc) is 2.97. The Morgan fingerprint density at radius 3 is 2.61 bits per heavy atom. The van der Waals surface area contributed by atoms with E-state index in [1.54, 1.807) is 0 Å². The minimum atomic E-state index is -0.0206. The molecule has 0 atom stereocenters. The van der Waals surface area contributed by atoms with Gasteiger partial charge in [0, 0.05) is 32.4 Å². The Kier molecular flexibility index (Phi) is 7.69. The zero-order valence-electron chi connectivity index (χ0n) is 16.3. The molecule has 1 aromatic heterocycles. The number of nitrogens with zero attached hydrogens (tertiary/aromatic N) is 5. The zero-order valence-corrected chi connectivity index (χ0v) is 17.9. The van der Waals surface area contributed by atoms with Crippen LogP contribution in [0, 0.1) is 6.92 Å². The Balaban J connectivity index is 0.00000140. The van der Waals surface area contributed by atoms with E-state index in [-0.39, 0.29) is 30.7 Å². The quantitative estimate of drug-likeness (QED) is 0.798. The third kappa shape index (κ3) is 4.26. The summed E-state index contributed by atoms with van der Waals surface area (Å²) >= 11 is 0. The molecule has 154 valence electrons. The second kappa shape index (κ2) is 9.58. The molecule has 1 amide bonds. The Morgan fingerprint density at radius 1 is 1.14 bits per heavy atom. The Bertz CT molecular complexity index is 805. The van der Waals surface area contributed by atoms with E-state index in [1.807, 2.05) is 28.6 Å². The number of aromatic nitrogens is 3. The van der Waals surface area contributed by atoms with Gasteiger partial charge in [0.2, 0.25) is 0 Å². The van der Waals surface area contributed by atoms with Gasteiger partial charge in [0.25, 0.3) is 5.91 Å². The van der Waals surface area contributed by atoms with Crippen molar-refractivity contribution in [3.8, 4) is 0 Å². The fourth-order valence-electron chi connectivity index (χ4n) is 3.95. The van der Waals surface area contributed by atoms with Crippen LogP contribution in [0.1, 0.15) is 40.6 Å². The summed E-state index contributed by atoms with van der Waals surface area (Å²) in [4.78, 5) is 17.3. The van der Waals surface area contributed by atoms with Crippen LogP contribution in [0.25, 0.3) is 0 Å². The van der Waals surface area contributed by atoms with Crippen molar-refractivity contribution < 1.29 is 4.79 Å². The summed E-state index contributed by atoms with van der Waals surface area (Å²) in [5, 5.41) is 11.9. The second-order valence-electron chi connectivity index (χ2n) is 7.23. The van der Waals surface area contributed by atoms with E-state index < -0.39 is 0 Å². The number of benzene rings is 1. The predicted octanol–water partition coefficient (Wildman–Crippen LogP) is 2.45. The lowest BCUT2D eigenvalue weighted by Gasteiger charge is -2.24. The smallest absolute Gasteiger partial charge is 0.276 e. The topological polar surface area (TPSA) is 66.3 Å². The number of hydrogen-bond donors (Lipinski definition) is 1. The molecule has 1 aromatic carbocycles. The van der Waals surface area contributed by atoms with Gasteiger partial charge in [0.05, 0.1) is 11.7 Å². The van der Waals surface area contributed by atoms with Crippen LogP contribution in [-0.2, 0) is 6.54 Å². The maximum absolute atomic E-state index is 13.2. The number of hydrogen-bond acceptors (Lipinski definition) is 5. The third-order valence-corrected chi connectivity index (χ3v) is 5.54. The molecule has 0 unspecified atom stereocenters. The van der Waals surface area contributed by atoms with E-state index >= 15 is 0 Å². The van der Waals surface area contributed by atoms with Crippen LogP contribution in [0.2, 0.25) is 0 Å². The van der Waals surface area contributed by atoms with E-state index in [0.717, 1.165) is 38.2 Å². The third-order valence-electron chi connectivity index (χ3n) is 5.54. The molecular formula is C19H28Cl2N6O. The zero-order chi connectivity index (χ0) is 18.1. The minimum Gasteiger partial charge on any atom is -0.373 e. The van der Waals surface area contributed by atoms with E-state index in [9.17, 15) is 4.79 Å². The number of carbonyl (C=O) groups is 1. The molecule has 2 aromatic rings. The molecule has 4 rings (SSSR count). The monoisotopic (exact) mass is 426 g/mol. The lowest BCUT2D eigenvalue weighted by atomic mass is 10.1. The van der Waals surface area contributed by atoms with Gasteiger partial charge in [-0.15, -0.1) is 29.9 Å². The summed E-state index contributed by atoms with van der Waals surface area (Å²) in [6, 6.07) is 8.61. The number of carbonyl (C=O) groups excluding carboxylic acids is 1. The molecule has 28 heavy (non-hydrogen) atoms. The highest BCUT2D eigenvalue weighted by Gasteiger charge is 2.28. The first-order valence-electron chi connectivity index (χ1n) is 9.36. The molecule has 0 spiro atoms. The van der Waals surface area contributed by atoms with Crippen LogP contribution >= 0.6 is 24.8 Å². The minimum absolute atomic E-state index is 0. The number of amides is 1. The first-order chi connectivity index (χ1) is 12.6. The number of halogens is 2. The number of anilines is 1. The molecule has 0 bridgehead atoms. The molecule has 9 heteroatoms. The molecule has 3 heterocycles. The van der Waals surface area contributed by atoms with Crippen molar-refractivity contribution in [1.82, 2.24) is 25.2 Å². The molecular weight excluding hydrogens is 399 g/mol. The summed E-state index contributed by atoms with van der Waals surface area (Å²) in [6.45, 7) is 6.05. The average molecular weight is 427 g/mol. The van der Waals surface area contributed by atoms with Gasteiger partial charge in [-0.05, 0) is 44.5 Å². The summed E-state index contributed by atoms with van der Waals surface area (Å²) in [5.41, 5.74) is 3.74. The van der Waals surface area contributed by atoms with Gasteiger partial charge in [0.1, 0.15) is 0 Å². The van der Waals surface area contributed by atoms with Crippen molar-refractivity contribution in [2.45, 2.75) is 32.4 Å². The van der Waals surface area contributed by atoms with Crippen LogP contribution in [0.3, 0.4) is 0 Å². The number of nitrogens with one attached hydrogen (secondary N) is 1. The van der Waals surface area contributed by atoms with Gasteiger partial charge in [-0.1, -0.05) is 23.4 Å². The molecule has 2 aliphatic rings. The lowest BCUT2D eigenvalue weighted by Crippen LogP contribution is -2.35. The van der Waals surface area contributed by atoms with Gasteiger partial charge in [-0.25, -0.2) is 4.68 Å². The van der Waals surface area contributed by atoms with Crippen LogP contribution in [-0.4, -0.2) is 59.0 Å². The van der Waals surface area contributed by atoms with Crippen molar-refractivity contribution in [2.24, 2.45) is 0 Å². The SMILES string of the molecule is Cc1c(C(=O)N2CCN(C)c3ccccc3C2)nnn1C1CCNCC1.Cl.Cl. The van der Waals surface area contributed by atoms with Gasteiger partial charge < -0.3 is 15.1 Å². The van der Waals surface area contributed by atoms with E-state index in [2.05, 4.69) is 39.7 Å². The van der Waals surface area contributed by atoms with Crippen LogP contribution in [0.4, 0.5) is 5.69 Å². The molecule has 1 saturated heterocycles. The maximum atomic E-state index is 13.2. The summed E-state index contributed by atoms with van der Waals surface area (Å²) < 4.78 is 1.95. The van der Waals surface area contributed by atoms with Crippen LogP contribution in [0.5, 0.6) is 0 Å². The van der Waals surface area contributed by atoms with Crippen molar-refractivity contribution >= 4 is 36.4 Å². The van der Waals surface area contributed by atoms with E-state index in [1.165, 1.54) is 11.3 Å². The molecule has 1 fully saturated rings. The van der Waals surface area contributed by atoms with Gasteiger partial charge in [0.15, 0.2) is 5.69 Å². The summed E-state index contributed by atoms with van der Waals surface area (Å²) in [7, 11) is 2.07. The molecule has 0 radical (unpaired) electrons. The van der Waals surface area contributed by atoms with Gasteiger partial charge in [-0.3, -0.25) is 4.79 Å². The maximum Gasteiger partial charge on any atom is 0.276 e. The number of piperidine rings is 1. The second-order valence-corrected chi connectivity index (χ2v) is 7.23. The van der Waals surface area contributed by atoms with Crippen molar-refractivity contribution in [3.63, 3.8) is 0 Å². The first-order valence-corrected chi connectivity index (χ1v) is 9.36. The fraction of sp³-hybridized carbons (Fsp3) is 0.526. The number of likely N-dealkylation sites (N-methyl/N-ethyl adjacent to an activating group) is 1. The van der Waals surface area contributed by atoms with E-state index in [4.69, 9.17) is 0 Å². The molecule has 7 nitrogen and oxygen atoms in total. The summed E-state index contributed by atoms with van der Waals surface area (Å²) in [5.74, 6) is -0.0206. The van der Waals surface area contributed by atoms with Crippen LogP contribution < -0.4 is 10.2 Å². The molecule has 2 aliphatic heterocycles. The largest absolute Gasteiger partial charge is 0.373 e. The predicted molar refractivity (Wildman–Crippen MR) is 115 cm³/mol. The molecule has 0 saturated carbocycles. The number of fused-ring (bicyclic) bond motifs is 1. The highest BCUT2D eigenvalue weighted by Crippen LogP contribution is 2.25. The van der Waals surface area contributed by atoms with Crippen molar-refractivity contribution in [2.75, 3.05) is 38.1 Å². The fourth-order valence-corrected chi connectivity index (χ4v) is 3.95. The Morgan fingerprint density at radius 2 is 1.86 bits per heavy atom. The first kappa shape index (κ1) is 22.5. The van der Waals surface area contributed by atoms with Gasteiger partial charge >= 0.3 is 0 Å². The van der Waals surface area contributed by atoms with Crippen LogP contribution in [0.15, 0.2) is 24.3 Å². The Hall–Kier alpha value is -1.83. The highest BCUT2D eigenvalue weighted by molar-refractivity contribution is 5.93. The van der Waals surface area contributed by atoms with Crippen molar-refractivity contribution in [1.29, 1.82) is 0 Å². The molecule has 1 N–H and O–H groups in total. The Labute approximate surface area is 178 Å².